The molecule has 1 saturated carbocycles. The molecular formula is C21H26N6O2. The number of nitrogens with zero attached hydrogens (tertiary/aromatic N) is 6. The molecule has 0 saturated heterocycles. The highest BCUT2D eigenvalue weighted by atomic mass is 16.3. The fourth-order valence-corrected chi connectivity index (χ4v) is 4.79. The minimum atomic E-state index is -0.108. The first-order valence-corrected chi connectivity index (χ1v) is 10.5. The van der Waals surface area contributed by atoms with Crippen LogP contribution in [0.4, 0.5) is 0 Å². The van der Waals surface area contributed by atoms with Crippen LogP contribution >= 0.6 is 0 Å². The molecule has 1 aliphatic heterocycles. The first-order valence-electron chi connectivity index (χ1n) is 10.5. The number of carbonyl (C=O) groups is 1. The third kappa shape index (κ3) is 3.02. The molecule has 8 heteroatoms. The van der Waals surface area contributed by atoms with Crippen LogP contribution in [0.15, 0.2) is 18.6 Å². The van der Waals surface area contributed by atoms with E-state index in [0.29, 0.717) is 30.4 Å². The van der Waals surface area contributed by atoms with E-state index in [-0.39, 0.29) is 12.5 Å². The Labute approximate surface area is 169 Å². The van der Waals surface area contributed by atoms with Gasteiger partial charge in [-0.25, -0.2) is 9.97 Å². The van der Waals surface area contributed by atoms with Crippen molar-refractivity contribution in [1.82, 2.24) is 29.2 Å². The average molecular weight is 394 g/mol. The summed E-state index contributed by atoms with van der Waals surface area (Å²) in [6, 6.07) is 2.33. The molecular weight excluding hydrogens is 368 g/mol. The van der Waals surface area contributed by atoms with Crippen molar-refractivity contribution in [2.45, 2.75) is 64.8 Å². The molecule has 29 heavy (non-hydrogen) atoms. The Balaban J connectivity index is 1.41. The summed E-state index contributed by atoms with van der Waals surface area (Å²) < 4.78 is 4.10. The van der Waals surface area contributed by atoms with Gasteiger partial charge in [0.2, 0.25) is 0 Å². The van der Waals surface area contributed by atoms with Crippen molar-refractivity contribution in [3.8, 4) is 0 Å². The van der Waals surface area contributed by atoms with Gasteiger partial charge in [-0.15, -0.1) is 0 Å². The standard InChI is InChI=1S/C21H26N6O2/c1-2-27-19-7-8-25(11-16(19)18(12-28)24-27)21(29)14-9-17-20(22-10-14)26(13-23-17)15-5-3-4-6-15/h9-10,13,15,28H,2-8,11-12H2,1H3. The molecule has 0 atom stereocenters. The number of aliphatic hydroxyl groups is 1. The Bertz CT molecular complexity index is 1060. The number of fused-ring (bicyclic) bond motifs is 2. The van der Waals surface area contributed by atoms with E-state index in [1.165, 1.54) is 25.7 Å². The molecule has 3 aromatic rings. The number of hydrogen-bond donors (Lipinski definition) is 1. The van der Waals surface area contributed by atoms with Crippen molar-refractivity contribution in [2.24, 2.45) is 0 Å². The summed E-state index contributed by atoms with van der Waals surface area (Å²) in [5, 5.41) is 14.1. The molecule has 4 heterocycles. The number of aryl methyl sites for hydroxylation is 1. The van der Waals surface area contributed by atoms with E-state index in [1.807, 2.05) is 28.9 Å². The zero-order valence-electron chi connectivity index (χ0n) is 16.7. The molecule has 1 fully saturated rings. The number of aliphatic hydroxyl groups excluding tert-OH is 1. The van der Waals surface area contributed by atoms with Gasteiger partial charge < -0.3 is 14.6 Å². The highest BCUT2D eigenvalue weighted by Gasteiger charge is 2.28. The van der Waals surface area contributed by atoms with Crippen molar-refractivity contribution in [3.63, 3.8) is 0 Å². The molecule has 0 spiro atoms. The summed E-state index contributed by atoms with van der Waals surface area (Å²) in [5.74, 6) is -0.0476. The molecule has 152 valence electrons. The summed E-state index contributed by atoms with van der Waals surface area (Å²) >= 11 is 0. The summed E-state index contributed by atoms with van der Waals surface area (Å²) in [6.07, 6.45) is 9.13. The number of hydrogen-bond acceptors (Lipinski definition) is 5. The second-order valence-electron chi connectivity index (χ2n) is 7.98. The van der Waals surface area contributed by atoms with Gasteiger partial charge in [0, 0.05) is 49.6 Å². The normalized spacial score (nSPS) is 17.2. The van der Waals surface area contributed by atoms with E-state index in [0.717, 1.165) is 35.4 Å². The minimum absolute atomic E-state index is 0.0476. The maximum atomic E-state index is 13.2. The van der Waals surface area contributed by atoms with Gasteiger partial charge in [-0.05, 0) is 25.8 Å². The van der Waals surface area contributed by atoms with Gasteiger partial charge in [0.1, 0.15) is 5.52 Å². The van der Waals surface area contributed by atoms with E-state index in [4.69, 9.17) is 0 Å². The van der Waals surface area contributed by atoms with Gasteiger partial charge in [0.25, 0.3) is 5.91 Å². The molecule has 1 amide bonds. The van der Waals surface area contributed by atoms with Crippen molar-refractivity contribution in [3.05, 3.63) is 41.1 Å². The zero-order chi connectivity index (χ0) is 20.0. The van der Waals surface area contributed by atoms with E-state index in [2.05, 4.69) is 19.6 Å². The van der Waals surface area contributed by atoms with E-state index in [1.54, 1.807) is 6.20 Å². The highest BCUT2D eigenvalue weighted by molar-refractivity contribution is 5.96. The lowest BCUT2D eigenvalue weighted by atomic mass is 10.0. The van der Waals surface area contributed by atoms with E-state index in [9.17, 15) is 9.90 Å². The fraction of sp³-hybridized carbons (Fsp3) is 0.524. The largest absolute Gasteiger partial charge is 0.390 e. The maximum absolute atomic E-state index is 13.2. The van der Waals surface area contributed by atoms with Gasteiger partial charge in [0.15, 0.2) is 5.65 Å². The van der Waals surface area contributed by atoms with Gasteiger partial charge >= 0.3 is 0 Å². The van der Waals surface area contributed by atoms with Gasteiger partial charge in [-0.2, -0.15) is 5.10 Å². The van der Waals surface area contributed by atoms with Crippen molar-refractivity contribution in [2.75, 3.05) is 6.54 Å². The van der Waals surface area contributed by atoms with Crippen molar-refractivity contribution >= 4 is 17.1 Å². The third-order valence-corrected chi connectivity index (χ3v) is 6.33. The smallest absolute Gasteiger partial charge is 0.255 e. The Kier molecular flexibility index (Phi) is 4.58. The van der Waals surface area contributed by atoms with Gasteiger partial charge in [-0.3, -0.25) is 9.48 Å². The number of pyridine rings is 1. The average Bonchev–Trinajstić information content (AvgIpc) is 3.49. The lowest BCUT2D eigenvalue weighted by Gasteiger charge is -2.28. The predicted octanol–water partition coefficient (Wildman–Crippen LogP) is 2.45. The zero-order valence-corrected chi connectivity index (χ0v) is 16.7. The second kappa shape index (κ2) is 7.26. The Morgan fingerprint density at radius 2 is 2.10 bits per heavy atom. The number of imidazole rings is 1. The summed E-state index contributed by atoms with van der Waals surface area (Å²) in [6.45, 7) is 3.80. The van der Waals surface area contributed by atoms with Crippen molar-refractivity contribution < 1.29 is 9.90 Å². The summed E-state index contributed by atoms with van der Waals surface area (Å²) in [7, 11) is 0. The molecule has 2 aliphatic rings. The lowest BCUT2D eigenvalue weighted by molar-refractivity contribution is 0.0731. The molecule has 1 N–H and O–H groups in total. The molecule has 5 rings (SSSR count). The fourth-order valence-electron chi connectivity index (χ4n) is 4.79. The van der Waals surface area contributed by atoms with Crippen molar-refractivity contribution in [1.29, 1.82) is 0 Å². The predicted molar refractivity (Wildman–Crippen MR) is 107 cm³/mol. The molecule has 0 aromatic carbocycles. The van der Waals surface area contributed by atoms with Crippen LogP contribution in [-0.2, 0) is 26.1 Å². The number of rotatable bonds is 4. The van der Waals surface area contributed by atoms with Crippen LogP contribution in [0.1, 0.15) is 66.0 Å². The molecule has 0 unspecified atom stereocenters. The number of carbonyl (C=O) groups excluding carboxylic acids is 1. The van der Waals surface area contributed by atoms with Gasteiger partial charge in [0.05, 0.1) is 24.2 Å². The van der Waals surface area contributed by atoms with E-state index >= 15 is 0 Å². The SMILES string of the molecule is CCn1nc(CO)c2c1CCN(C(=O)c1cnc3c(c1)ncn3C1CCCC1)C2. The molecule has 1 aliphatic carbocycles. The summed E-state index contributed by atoms with van der Waals surface area (Å²) in [4.78, 5) is 24.1. The first kappa shape index (κ1) is 18.3. The van der Waals surface area contributed by atoms with Crippen LogP contribution in [-0.4, -0.2) is 46.8 Å². The Morgan fingerprint density at radius 1 is 1.28 bits per heavy atom. The topological polar surface area (TPSA) is 89.1 Å². The second-order valence-corrected chi connectivity index (χ2v) is 7.98. The van der Waals surface area contributed by atoms with Crippen LogP contribution < -0.4 is 0 Å². The number of amides is 1. The highest BCUT2D eigenvalue weighted by Crippen LogP contribution is 2.31. The lowest BCUT2D eigenvalue weighted by Crippen LogP contribution is -2.36. The van der Waals surface area contributed by atoms with Gasteiger partial charge in [-0.1, -0.05) is 12.8 Å². The van der Waals surface area contributed by atoms with Crippen LogP contribution in [0.25, 0.3) is 11.2 Å². The van der Waals surface area contributed by atoms with Crippen LogP contribution in [0.3, 0.4) is 0 Å². The van der Waals surface area contributed by atoms with E-state index < -0.39 is 0 Å². The molecule has 0 bridgehead atoms. The quantitative estimate of drug-likeness (QED) is 0.734. The molecule has 0 radical (unpaired) electrons. The number of aromatic nitrogens is 5. The molecule has 8 nitrogen and oxygen atoms in total. The van der Waals surface area contributed by atoms with Crippen LogP contribution in [0.5, 0.6) is 0 Å². The third-order valence-electron chi connectivity index (χ3n) is 6.33. The maximum Gasteiger partial charge on any atom is 0.255 e. The Hall–Kier alpha value is -2.74. The van der Waals surface area contributed by atoms with Crippen LogP contribution in [0.2, 0.25) is 0 Å². The Morgan fingerprint density at radius 3 is 2.86 bits per heavy atom. The first-order chi connectivity index (χ1) is 14.2. The monoisotopic (exact) mass is 394 g/mol. The minimum Gasteiger partial charge on any atom is -0.390 e. The summed E-state index contributed by atoms with van der Waals surface area (Å²) in [5.41, 5.74) is 4.98. The van der Waals surface area contributed by atoms with Crippen LogP contribution in [0, 0.1) is 0 Å². The molecule has 3 aromatic heterocycles.